The number of hydrogen-bond donors (Lipinski definition) is 0. The van der Waals surface area contributed by atoms with Crippen LogP contribution in [0.15, 0.2) is 71.3 Å². The van der Waals surface area contributed by atoms with E-state index in [0.717, 1.165) is 22.6 Å². The van der Waals surface area contributed by atoms with Gasteiger partial charge in [-0.25, -0.2) is 0 Å². The van der Waals surface area contributed by atoms with Gasteiger partial charge in [-0.15, -0.1) is 0 Å². The Morgan fingerprint density at radius 2 is 1.74 bits per heavy atom. The lowest BCUT2D eigenvalue weighted by molar-refractivity contribution is 0.0738. The minimum absolute atomic E-state index is 0.194. The molecule has 1 aromatic heterocycles. The van der Waals surface area contributed by atoms with Gasteiger partial charge in [-0.3, -0.25) is 4.79 Å². The summed E-state index contributed by atoms with van der Waals surface area (Å²) in [7, 11) is 1.73. The predicted molar refractivity (Wildman–Crippen MR) is 103 cm³/mol. The van der Waals surface area contributed by atoms with Crippen LogP contribution in [0.2, 0.25) is 0 Å². The first-order chi connectivity index (χ1) is 13.1. The van der Waals surface area contributed by atoms with Crippen LogP contribution in [-0.4, -0.2) is 31.0 Å². The Labute approximate surface area is 159 Å². The largest absolute Gasteiger partial charge is 0.491 e. The molecule has 1 heterocycles. The normalized spacial score (nSPS) is 10.4. The number of furan rings is 1. The summed E-state index contributed by atoms with van der Waals surface area (Å²) in [6.07, 6.45) is 1.51. The summed E-state index contributed by atoms with van der Waals surface area (Å²) in [4.78, 5) is 14.3. The van der Waals surface area contributed by atoms with E-state index < -0.39 is 0 Å². The van der Waals surface area contributed by atoms with E-state index in [1.165, 1.54) is 6.26 Å². The van der Waals surface area contributed by atoms with Gasteiger partial charge in [0.25, 0.3) is 5.91 Å². The van der Waals surface area contributed by atoms with E-state index in [0.29, 0.717) is 18.9 Å². The fourth-order valence-electron chi connectivity index (χ4n) is 2.60. The third-order valence-electron chi connectivity index (χ3n) is 4.20. The molecule has 0 aliphatic carbocycles. The van der Waals surface area contributed by atoms with E-state index in [4.69, 9.17) is 13.9 Å². The first-order valence-electron chi connectivity index (χ1n) is 8.83. The predicted octanol–water partition coefficient (Wildman–Crippen LogP) is 4.32. The molecular formula is C22H23NO4. The monoisotopic (exact) mass is 365 g/mol. The molecule has 3 rings (SSSR count). The topological polar surface area (TPSA) is 51.9 Å². The van der Waals surface area contributed by atoms with Gasteiger partial charge in [-0.1, -0.05) is 36.4 Å². The molecule has 5 nitrogen and oxygen atoms in total. The summed E-state index contributed by atoms with van der Waals surface area (Å²) in [6, 6.07) is 19.0. The molecule has 27 heavy (non-hydrogen) atoms. The molecule has 0 aliphatic heterocycles. The van der Waals surface area contributed by atoms with E-state index in [1.807, 2.05) is 61.5 Å². The van der Waals surface area contributed by atoms with Gasteiger partial charge in [-0.05, 0) is 36.8 Å². The van der Waals surface area contributed by atoms with Gasteiger partial charge in [0.05, 0.1) is 12.8 Å². The van der Waals surface area contributed by atoms with Gasteiger partial charge in [0.1, 0.15) is 24.7 Å². The number of carbonyl (C=O) groups is 1. The number of ether oxygens (including phenoxy) is 2. The fourth-order valence-corrected chi connectivity index (χ4v) is 2.60. The summed E-state index contributed by atoms with van der Waals surface area (Å²) in [5.41, 5.74) is 1.79. The van der Waals surface area contributed by atoms with Crippen molar-refractivity contribution in [2.75, 3.05) is 20.2 Å². The van der Waals surface area contributed by atoms with E-state index in [9.17, 15) is 4.79 Å². The van der Waals surface area contributed by atoms with E-state index in [1.54, 1.807) is 18.0 Å². The minimum atomic E-state index is -0.194. The van der Waals surface area contributed by atoms with Crippen LogP contribution in [0.5, 0.6) is 11.5 Å². The van der Waals surface area contributed by atoms with Gasteiger partial charge in [0.15, 0.2) is 5.76 Å². The number of para-hydroxylation sites is 2. The highest BCUT2D eigenvalue weighted by Crippen LogP contribution is 2.18. The third-order valence-corrected chi connectivity index (χ3v) is 4.20. The molecule has 0 saturated heterocycles. The maximum Gasteiger partial charge on any atom is 0.289 e. The SMILES string of the molecule is Cc1ccccc1OCCN(C)C(=O)c1occc1COc1ccccc1. The Morgan fingerprint density at radius 3 is 2.52 bits per heavy atom. The number of likely N-dealkylation sites (N-methyl/N-ethyl adjacent to an activating group) is 1. The van der Waals surface area contributed by atoms with Crippen LogP contribution in [-0.2, 0) is 6.61 Å². The van der Waals surface area contributed by atoms with Crippen molar-refractivity contribution in [3.05, 3.63) is 83.8 Å². The number of aryl methyl sites for hydroxylation is 1. The molecule has 0 spiro atoms. The summed E-state index contributed by atoms with van der Waals surface area (Å²) < 4.78 is 16.9. The zero-order valence-electron chi connectivity index (χ0n) is 15.6. The zero-order valence-corrected chi connectivity index (χ0v) is 15.6. The smallest absolute Gasteiger partial charge is 0.289 e. The molecule has 0 aliphatic rings. The Hall–Kier alpha value is -3.21. The number of benzene rings is 2. The molecule has 0 fully saturated rings. The second-order valence-electron chi connectivity index (χ2n) is 6.22. The molecule has 0 unspecified atom stereocenters. The van der Waals surface area contributed by atoms with Crippen LogP contribution in [0.4, 0.5) is 0 Å². The quantitative estimate of drug-likeness (QED) is 0.597. The Balaban J connectivity index is 1.54. The molecule has 3 aromatic rings. The van der Waals surface area contributed by atoms with Crippen molar-refractivity contribution in [2.24, 2.45) is 0 Å². The number of nitrogens with zero attached hydrogens (tertiary/aromatic N) is 1. The number of carbonyl (C=O) groups excluding carboxylic acids is 1. The molecule has 0 N–H and O–H groups in total. The Bertz CT molecular complexity index is 873. The average molecular weight is 365 g/mol. The molecule has 140 valence electrons. The third kappa shape index (κ3) is 4.91. The highest BCUT2D eigenvalue weighted by molar-refractivity contribution is 5.92. The molecule has 0 saturated carbocycles. The summed E-state index contributed by atoms with van der Waals surface area (Å²) in [6.45, 7) is 3.12. The first-order valence-corrected chi connectivity index (χ1v) is 8.83. The summed E-state index contributed by atoms with van der Waals surface area (Å²) in [5.74, 6) is 1.68. The molecule has 1 amide bonds. The van der Waals surface area contributed by atoms with Gasteiger partial charge < -0.3 is 18.8 Å². The second-order valence-corrected chi connectivity index (χ2v) is 6.22. The molecular weight excluding hydrogens is 342 g/mol. The van der Waals surface area contributed by atoms with Crippen molar-refractivity contribution >= 4 is 5.91 Å². The maximum atomic E-state index is 12.7. The molecule has 0 bridgehead atoms. The van der Waals surface area contributed by atoms with Gasteiger partial charge in [-0.2, -0.15) is 0 Å². The van der Waals surface area contributed by atoms with Crippen molar-refractivity contribution in [2.45, 2.75) is 13.5 Å². The molecule has 5 heteroatoms. The second kappa shape index (κ2) is 8.94. The lowest BCUT2D eigenvalue weighted by Crippen LogP contribution is -2.31. The Kier molecular flexibility index (Phi) is 6.15. The van der Waals surface area contributed by atoms with Gasteiger partial charge >= 0.3 is 0 Å². The fraction of sp³-hybridized carbons (Fsp3) is 0.227. The highest BCUT2D eigenvalue weighted by atomic mass is 16.5. The van der Waals surface area contributed by atoms with E-state index in [-0.39, 0.29) is 12.5 Å². The average Bonchev–Trinajstić information content (AvgIpc) is 3.16. The van der Waals surface area contributed by atoms with Crippen LogP contribution in [0.25, 0.3) is 0 Å². The summed E-state index contributed by atoms with van der Waals surface area (Å²) in [5, 5.41) is 0. The van der Waals surface area contributed by atoms with Crippen LogP contribution in [0.3, 0.4) is 0 Å². The molecule has 0 atom stereocenters. The van der Waals surface area contributed by atoms with Crippen molar-refractivity contribution in [3.8, 4) is 11.5 Å². The maximum absolute atomic E-state index is 12.7. The van der Waals surface area contributed by atoms with E-state index in [2.05, 4.69) is 0 Å². The summed E-state index contributed by atoms with van der Waals surface area (Å²) >= 11 is 0. The molecule has 2 aromatic carbocycles. The Morgan fingerprint density at radius 1 is 1.00 bits per heavy atom. The minimum Gasteiger partial charge on any atom is -0.491 e. The van der Waals surface area contributed by atoms with Gasteiger partial charge in [0, 0.05) is 12.6 Å². The van der Waals surface area contributed by atoms with E-state index >= 15 is 0 Å². The van der Waals surface area contributed by atoms with Crippen LogP contribution < -0.4 is 9.47 Å². The van der Waals surface area contributed by atoms with Crippen molar-refractivity contribution in [1.82, 2.24) is 4.90 Å². The number of hydrogen-bond acceptors (Lipinski definition) is 4. The standard InChI is InChI=1S/C22H23NO4/c1-17-8-6-7-11-20(17)25-15-13-23(2)22(24)21-18(12-14-26-21)16-27-19-9-4-3-5-10-19/h3-12,14H,13,15-16H2,1-2H3. The van der Waals surface area contributed by atoms with Crippen molar-refractivity contribution in [3.63, 3.8) is 0 Å². The first kappa shape index (κ1) is 18.6. The van der Waals surface area contributed by atoms with Gasteiger partial charge in [0.2, 0.25) is 0 Å². The van der Waals surface area contributed by atoms with Crippen LogP contribution in [0, 0.1) is 6.92 Å². The van der Waals surface area contributed by atoms with Crippen LogP contribution >= 0.6 is 0 Å². The lowest BCUT2D eigenvalue weighted by Gasteiger charge is -2.17. The lowest BCUT2D eigenvalue weighted by atomic mass is 10.2. The zero-order chi connectivity index (χ0) is 19.1. The van der Waals surface area contributed by atoms with Crippen LogP contribution in [0.1, 0.15) is 21.7 Å². The van der Waals surface area contributed by atoms with Crippen molar-refractivity contribution in [1.29, 1.82) is 0 Å². The number of amides is 1. The molecule has 0 radical (unpaired) electrons. The number of rotatable bonds is 8. The van der Waals surface area contributed by atoms with Crippen molar-refractivity contribution < 1.29 is 18.7 Å². The highest BCUT2D eigenvalue weighted by Gasteiger charge is 2.20.